The predicted molar refractivity (Wildman–Crippen MR) is 114 cm³/mol. The van der Waals surface area contributed by atoms with Crippen molar-refractivity contribution in [2.24, 2.45) is 5.92 Å². The molecule has 0 aromatic heterocycles. The fourth-order valence-corrected chi connectivity index (χ4v) is 5.14. The van der Waals surface area contributed by atoms with E-state index in [-0.39, 0.29) is 35.7 Å². The first kappa shape index (κ1) is 22.2. The van der Waals surface area contributed by atoms with Gasteiger partial charge in [-0.1, -0.05) is 24.3 Å². The quantitative estimate of drug-likeness (QED) is 0.410. The Morgan fingerprint density at radius 1 is 1.00 bits per heavy atom. The normalized spacial score (nSPS) is 15.7. The highest BCUT2D eigenvalue weighted by molar-refractivity contribution is 7.89. The summed E-state index contributed by atoms with van der Waals surface area (Å²) in [7, 11) is -3.72. The van der Waals surface area contributed by atoms with Crippen LogP contribution in [0.15, 0.2) is 41.3 Å². The summed E-state index contributed by atoms with van der Waals surface area (Å²) in [6.45, 7) is 7.67. The topological polar surface area (TPSA) is 80.8 Å². The van der Waals surface area contributed by atoms with Crippen molar-refractivity contribution >= 4 is 21.8 Å². The Balaban J connectivity index is 1.69. The highest BCUT2D eigenvalue weighted by atomic mass is 32.2. The van der Waals surface area contributed by atoms with Crippen molar-refractivity contribution in [1.29, 1.82) is 0 Å². The third kappa shape index (κ3) is 4.47. The molecular weight excluding hydrogens is 402 g/mol. The van der Waals surface area contributed by atoms with Gasteiger partial charge in [0, 0.05) is 18.7 Å². The number of hydrogen-bond donors (Lipinski definition) is 0. The standard InChI is InChI=1S/C23H27NO5S/c1-15-8-9-16(2)22(17(15)3)29-23(26)19-10-12-24(13-11-19)30(27,28)21-7-5-6-20(14-21)18(4)25/h5-9,14,19H,10-13H2,1-4H3. The summed E-state index contributed by atoms with van der Waals surface area (Å²) in [5.41, 5.74) is 3.25. The van der Waals surface area contributed by atoms with Crippen LogP contribution in [0.1, 0.15) is 46.8 Å². The molecule has 0 unspecified atom stereocenters. The molecule has 1 heterocycles. The number of ether oxygens (including phenoxy) is 1. The van der Waals surface area contributed by atoms with Gasteiger partial charge in [0.15, 0.2) is 5.78 Å². The number of aryl methyl sites for hydroxylation is 2. The van der Waals surface area contributed by atoms with Crippen LogP contribution in [0.5, 0.6) is 5.75 Å². The van der Waals surface area contributed by atoms with Gasteiger partial charge in [-0.15, -0.1) is 0 Å². The summed E-state index contributed by atoms with van der Waals surface area (Å²) < 4.78 is 33.0. The van der Waals surface area contributed by atoms with E-state index < -0.39 is 10.0 Å². The second kappa shape index (κ2) is 8.70. The Labute approximate surface area is 177 Å². The summed E-state index contributed by atoms with van der Waals surface area (Å²) in [4.78, 5) is 24.4. The van der Waals surface area contributed by atoms with E-state index in [9.17, 15) is 18.0 Å². The molecule has 1 aliphatic rings. The maximum absolute atomic E-state index is 13.0. The van der Waals surface area contributed by atoms with Gasteiger partial charge in [0.2, 0.25) is 10.0 Å². The Hall–Kier alpha value is -2.51. The summed E-state index contributed by atoms with van der Waals surface area (Å²) in [6, 6.07) is 9.98. The van der Waals surface area contributed by atoms with Crippen LogP contribution in [-0.4, -0.2) is 37.6 Å². The minimum absolute atomic E-state index is 0.0993. The van der Waals surface area contributed by atoms with Crippen LogP contribution in [0.4, 0.5) is 0 Å². The molecule has 0 N–H and O–H groups in total. The molecule has 1 aliphatic heterocycles. The van der Waals surface area contributed by atoms with Gasteiger partial charge in [-0.2, -0.15) is 4.31 Å². The Morgan fingerprint density at radius 2 is 1.63 bits per heavy atom. The average molecular weight is 430 g/mol. The summed E-state index contributed by atoms with van der Waals surface area (Å²) in [5.74, 6) is -0.256. The van der Waals surface area contributed by atoms with Crippen LogP contribution in [0.2, 0.25) is 0 Å². The van der Waals surface area contributed by atoms with Gasteiger partial charge in [-0.3, -0.25) is 9.59 Å². The molecule has 1 fully saturated rings. The second-order valence-electron chi connectivity index (χ2n) is 7.84. The molecule has 3 rings (SSSR count). The van der Waals surface area contributed by atoms with Crippen molar-refractivity contribution in [1.82, 2.24) is 4.31 Å². The minimum atomic E-state index is -3.72. The van der Waals surface area contributed by atoms with E-state index in [4.69, 9.17) is 4.74 Å². The van der Waals surface area contributed by atoms with Gasteiger partial charge in [0.05, 0.1) is 10.8 Å². The van der Waals surface area contributed by atoms with E-state index in [2.05, 4.69) is 0 Å². The van der Waals surface area contributed by atoms with Crippen LogP contribution >= 0.6 is 0 Å². The molecule has 30 heavy (non-hydrogen) atoms. The zero-order chi connectivity index (χ0) is 22.1. The Bertz CT molecular complexity index is 1080. The number of sulfonamides is 1. The first-order chi connectivity index (χ1) is 14.1. The van der Waals surface area contributed by atoms with E-state index in [1.54, 1.807) is 12.1 Å². The average Bonchev–Trinajstić information content (AvgIpc) is 2.74. The molecule has 0 spiro atoms. The third-order valence-corrected chi connectivity index (χ3v) is 7.64. The number of hydrogen-bond acceptors (Lipinski definition) is 5. The Kier molecular flexibility index (Phi) is 6.43. The van der Waals surface area contributed by atoms with Crippen LogP contribution in [0.25, 0.3) is 0 Å². The van der Waals surface area contributed by atoms with Crippen molar-refractivity contribution in [3.63, 3.8) is 0 Å². The zero-order valence-corrected chi connectivity index (χ0v) is 18.6. The predicted octanol–water partition coefficient (Wildman–Crippen LogP) is 3.82. The van der Waals surface area contributed by atoms with Crippen molar-refractivity contribution < 1.29 is 22.7 Å². The van der Waals surface area contributed by atoms with E-state index in [0.29, 0.717) is 24.2 Å². The molecule has 0 aliphatic carbocycles. The van der Waals surface area contributed by atoms with Crippen LogP contribution < -0.4 is 4.74 Å². The van der Waals surface area contributed by atoms with Gasteiger partial charge in [-0.25, -0.2) is 8.42 Å². The summed E-state index contributed by atoms with van der Waals surface area (Å²) >= 11 is 0. The monoisotopic (exact) mass is 429 g/mol. The van der Waals surface area contributed by atoms with E-state index in [1.165, 1.54) is 23.4 Å². The largest absolute Gasteiger partial charge is 0.426 e. The lowest BCUT2D eigenvalue weighted by molar-refractivity contribution is -0.140. The number of carbonyl (C=O) groups excluding carboxylic acids is 2. The number of carbonyl (C=O) groups is 2. The third-order valence-electron chi connectivity index (χ3n) is 5.74. The molecule has 0 radical (unpaired) electrons. The maximum Gasteiger partial charge on any atom is 0.314 e. The molecule has 2 aromatic carbocycles. The van der Waals surface area contributed by atoms with Gasteiger partial charge < -0.3 is 4.74 Å². The number of nitrogens with zero attached hydrogens (tertiary/aromatic N) is 1. The van der Waals surface area contributed by atoms with Crippen LogP contribution in [0.3, 0.4) is 0 Å². The van der Waals surface area contributed by atoms with E-state index >= 15 is 0 Å². The highest BCUT2D eigenvalue weighted by Crippen LogP contribution is 2.29. The molecule has 0 atom stereocenters. The Morgan fingerprint density at radius 3 is 2.27 bits per heavy atom. The molecule has 0 saturated carbocycles. The lowest BCUT2D eigenvalue weighted by Crippen LogP contribution is -2.41. The first-order valence-electron chi connectivity index (χ1n) is 10.0. The van der Waals surface area contributed by atoms with Gasteiger partial charge in [0.1, 0.15) is 5.75 Å². The fraction of sp³-hybridized carbons (Fsp3) is 0.391. The second-order valence-corrected chi connectivity index (χ2v) is 9.77. The molecular formula is C23H27NO5S. The first-order valence-corrected chi connectivity index (χ1v) is 11.4. The summed E-state index contributed by atoms with van der Waals surface area (Å²) in [6.07, 6.45) is 0.794. The van der Waals surface area contributed by atoms with Crippen LogP contribution in [-0.2, 0) is 14.8 Å². The number of benzene rings is 2. The molecule has 2 aromatic rings. The van der Waals surface area contributed by atoms with Crippen molar-refractivity contribution in [3.8, 4) is 5.75 Å². The number of ketones is 1. The number of esters is 1. The molecule has 1 saturated heterocycles. The van der Waals surface area contributed by atoms with Gasteiger partial charge in [-0.05, 0) is 69.4 Å². The maximum atomic E-state index is 13.0. The zero-order valence-electron chi connectivity index (χ0n) is 17.8. The number of rotatable bonds is 5. The lowest BCUT2D eigenvalue weighted by Gasteiger charge is -2.30. The molecule has 160 valence electrons. The van der Waals surface area contributed by atoms with Crippen molar-refractivity contribution in [3.05, 3.63) is 58.7 Å². The smallest absolute Gasteiger partial charge is 0.314 e. The van der Waals surface area contributed by atoms with E-state index in [1.807, 2.05) is 32.9 Å². The molecule has 0 bridgehead atoms. The SMILES string of the molecule is CC(=O)c1cccc(S(=O)(=O)N2CCC(C(=O)Oc3c(C)ccc(C)c3C)CC2)c1. The van der Waals surface area contributed by atoms with Gasteiger partial charge in [0.25, 0.3) is 0 Å². The van der Waals surface area contributed by atoms with Crippen molar-refractivity contribution in [2.75, 3.05) is 13.1 Å². The minimum Gasteiger partial charge on any atom is -0.426 e. The summed E-state index contributed by atoms with van der Waals surface area (Å²) in [5, 5.41) is 0. The van der Waals surface area contributed by atoms with Crippen LogP contribution in [0, 0.1) is 26.7 Å². The lowest BCUT2D eigenvalue weighted by atomic mass is 9.98. The molecule has 7 heteroatoms. The number of piperidine rings is 1. The highest BCUT2D eigenvalue weighted by Gasteiger charge is 2.33. The molecule has 0 amide bonds. The number of Topliss-reactive ketones (excluding diaryl/α,β-unsaturated/α-hetero) is 1. The van der Waals surface area contributed by atoms with Crippen molar-refractivity contribution in [2.45, 2.75) is 45.4 Å². The fourth-order valence-electron chi connectivity index (χ4n) is 3.62. The van der Waals surface area contributed by atoms with Gasteiger partial charge >= 0.3 is 5.97 Å². The molecule has 6 nitrogen and oxygen atoms in total. The van der Waals surface area contributed by atoms with E-state index in [0.717, 1.165) is 16.7 Å².